The van der Waals surface area contributed by atoms with E-state index in [2.05, 4.69) is 24.9 Å². The van der Waals surface area contributed by atoms with Crippen molar-refractivity contribution < 1.29 is 4.79 Å². The van der Waals surface area contributed by atoms with Gasteiger partial charge in [0, 0.05) is 10.9 Å². The first-order chi connectivity index (χ1) is 8.06. The molecule has 0 aromatic heterocycles. The van der Waals surface area contributed by atoms with Gasteiger partial charge in [0.05, 0.1) is 10.6 Å². The summed E-state index contributed by atoms with van der Waals surface area (Å²) in [5.41, 5.74) is 0.513. The molecule has 0 aliphatic heterocycles. The number of hydrogen-bond acceptors (Lipinski definition) is 2. The fourth-order valence-corrected chi connectivity index (χ4v) is 2.70. The van der Waals surface area contributed by atoms with Crippen LogP contribution >= 0.6 is 24.2 Å². The minimum Gasteiger partial charge on any atom is -0.349 e. The summed E-state index contributed by atoms with van der Waals surface area (Å²) in [5.74, 6) is 0.608. The van der Waals surface area contributed by atoms with Gasteiger partial charge in [0.25, 0.3) is 5.91 Å². The van der Waals surface area contributed by atoms with Crippen molar-refractivity contribution in [2.45, 2.75) is 37.1 Å². The van der Waals surface area contributed by atoms with E-state index < -0.39 is 0 Å². The number of halogens is 1. The molecule has 4 heteroatoms. The number of carbonyl (C=O) groups excluding carboxylic acids is 1. The lowest BCUT2D eigenvalue weighted by molar-refractivity contribution is 0.0937. The van der Waals surface area contributed by atoms with E-state index in [4.69, 9.17) is 11.6 Å². The Morgan fingerprint density at radius 3 is 2.88 bits per heavy atom. The van der Waals surface area contributed by atoms with E-state index in [1.807, 2.05) is 0 Å². The molecule has 1 amide bonds. The predicted molar refractivity (Wildman–Crippen MR) is 73.0 cm³/mol. The van der Waals surface area contributed by atoms with E-state index in [1.54, 1.807) is 18.2 Å². The monoisotopic (exact) mass is 269 g/mol. The van der Waals surface area contributed by atoms with E-state index in [0.717, 1.165) is 17.7 Å². The molecule has 1 fully saturated rings. The number of rotatable bonds is 2. The van der Waals surface area contributed by atoms with Crippen molar-refractivity contribution in [1.82, 2.24) is 5.32 Å². The number of amides is 1. The first kappa shape index (κ1) is 12.8. The molecule has 1 aromatic carbocycles. The second-order valence-electron chi connectivity index (χ2n) is 4.75. The molecule has 0 radical (unpaired) electrons. The quantitative estimate of drug-likeness (QED) is 0.790. The molecule has 2 unspecified atom stereocenters. The maximum Gasteiger partial charge on any atom is 0.253 e. The van der Waals surface area contributed by atoms with Crippen LogP contribution in [0.25, 0.3) is 0 Å². The van der Waals surface area contributed by atoms with Crippen LogP contribution < -0.4 is 5.32 Å². The molecule has 1 aromatic rings. The Morgan fingerprint density at radius 1 is 1.47 bits per heavy atom. The van der Waals surface area contributed by atoms with E-state index >= 15 is 0 Å². The number of hydrogen-bond donors (Lipinski definition) is 2. The van der Waals surface area contributed by atoms with Crippen LogP contribution in [0.4, 0.5) is 0 Å². The molecule has 1 saturated carbocycles. The summed E-state index contributed by atoms with van der Waals surface area (Å²) in [6.07, 6.45) is 3.31. The molecule has 1 aliphatic carbocycles. The second kappa shape index (κ2) is 5.32. The Labute approximate surface area is 112 Å². The fourth-order valence-electron chi connectivity index (χ4n) is 2.29. The van der Waals surface area contributed by atoms with Crippen molar-refractivity contribution in [2.75, 3.05) is 0 Å². The van der Waals surface area contributed by atoms with Crippen molar-refractivity contribution in [3.8, 4) is 0 Å². The maximum absolute atomic E-state index is 12.1. The van der Waals surface area contributed by atoms with E-state index in [9.17, 15) is 4.79 Å². The van der Waals surface area contributed by atoms with Crippen molar-refractivity contribution >= 4 is 30.1 Å². The van der Waals surface area contributed by atoms with Crippen molar-refractivity contribution in [1.29, 1.82) is 0 Å². The summed E-state index contributed by atoms with van der Waals surface area (Å²) in [6, 6.07) is 5.48. The lowest BCUT2D eigenvalue weighted by Crippen LogP contribution is -2.33. The van der Waals surface area contributed by atoms with E-state index in [-0.39, 0.29) is 11.9 Å². The first-order valence-corrected chi connectivity index (χ1v) is 6.68. The fraction of sp³-hybridized carbons (Fsp3) is 0.462. The minimum atomic E-state index is -0.0926. The third-order valence-electron chi connectivity index (χ3n) is 3.22. The topological polar surface area (TPSA) is 29.1 Å². The third kappa shape index (κ3) is 3.17. The lowest BCUT2D eigenvalue weighted by atomic mass is 10.1. The smallest absolute Gasteiger partial charge is 0.253 e. The zero-order chi connectivity index (χ0) is 12.4. The Balaban J connectivity index is 2.06. The summed E-state index contributed by atoms with van der Waals surface area (Å²) in [5, 5.41) is 3.51. The average molecular weight is 270 g/mol. The highest BCUT2D eigenvalue weighted by atomic mass is 35.5. The number of thiol groups is 1. The summed E-state index contributed by atoms with van der Waals surface area (Å²) in [4.78, 5) is 12.8. The standard InChI is InChI=1S/C13H16ClNOS/c1-8-2-3-9(6-8)15-13(16)11-7-10(17)4-5-12(11)14/h4-5,7-9,17H,2-3,6H2,1H3,(H,15,16). The van der Waals surface area contributed by atoms with Gasteiger partial charge < -0.3 is 5.32 Å². The summed E-state index contributed by atoms with van der Waals surface area (Å²) >= 11 is 10.2. The summed E-state index contributed by atoms with van der Waals surface area (Å²) in [6.45, 7) is 2.22. The molecule has 1 N–H and O–H groups in total. The second-order valence-corrected chi connectivity index (χ2v) is 5.68. The highest BCUT2D eigenvalue weighted by molar-refractivity contribution is 7.80. The van der Waals surface area contributed by atoms with Gasteiger partial charge in [-0.2, -0.15) is 0 Å². The molecular formula is C13H16ClNOS. The van der Waals surface area contributed by atoms with Crippen LogP contribution in [-0.4, -0.2) is 11.9 Å². The predicted octanol–water partition coefficient (Wildman–Crippen LogP) is 3.55. The van der Waals surface area contributed by atoms with Gasteiger partial charge >= 0.3 is 0 Å². The highest BCUT2D eigenvalue weighted by Gasteiger charge is 2.23. The van der Waals surface area contributed by atoms with E-state index in [1.165, 1.54) is 6.42 Å². The highest BCUT2D eigenvalue weighted by Crippen LogP contribution is 2.26. The summed E-state index contributed by atoms with van der Waals surface area (Å²) in [7, 11) is 0. The van der Waals surface area contributed by atoms with Gasteiger partial charge in [-0.15, -0.1) is 12.6 Å². The molecule has 2 atom stereocenters. The molecule has 1 aliphatic rings. The van der Waals surface area contributed by atoms with Gasteiger partial charge in [-0.25, -0.2) is 0 Å². The SMILES string of the molecule is CC1CCC(NC(=O)c2cc(S)ccc2Cl)C1. The van der Waals surface area contributed by atoms with Crippen molar-refractivity contribution in [3.05, 3.63) is 28.8 Å². The first-order valence-electron chi connectivity index (χ1n) is 5.85. The maximum atomic E-state index is 12.1. The average Bonchev–Trinajstić information content (AvgIpc) is 2.67. The van der Waals surface area contributed by atoms with Crippen molar-refractivity contribution in [3.63, 3.8) is 0 Å². The van der Waals surface area contributed by atoms with Crippen LogP contribution in [0.1, 0.15) is 36.5 Å². The number of nitrogens with one attached hydrogen (secondary N) is 1. The van der Waals surface area contributed by atoms with Gasteiger partial charge in [-0.05, 0) is 43.4 Å². The third-order valence-corrected chi connectivity index (χ3v) is 3.83. The molecule has 0 spiro atoms. The number of benzene rings is 1. The van der Waals surface area contributed by atoms with Gasteiger partial charge in [0.2, 0.25) is 0 Å². The van der Waals surface area contributed by atoms with Crippen LogP contribution in [0, 0.1) is 5.92 Å². The van der Waals surface area contributed by atoms with Gasteiger partial charge in [0.15, 0.2) is 0 Å². The lowest BCUT2D eigenvalue weighted by Gasteiger charge is -2.13. The molecule has 92 valence electrons. The zero-order valence-corrected chi connectivity index (χ0v) is 11.4. The molecule has 0 saturated heterocycles. The normalized spacial score (nSPS) is 23.7. The van der Waals surface area contributed by atoms with Crippen LogP contribution in [0.15, 0.2) is 23.1 Å². The minimum absolute atomic E-state index is 0.0926. The van der Waals surface area contributed by atoms with Crippen LogP contribution in [-0.2, 0) is 0 Å². The molecular weight excluding hydrogens is 254 g/mol. The molecule has 2 nitrogen and oxygen atoms in total. The number of carbonyl (C=O) groups is 1. The van der Waals surface area contributed by atoms with Gasteiger partial charge in [-0.3, -0.25) is 4.79 Å². The summed E-state index contributed by atoms with van der Waals surface area (Å²) < 4.78 is 0. The Bertz CT molecular complexity index is 435. The molecule has 2 rings (SSSR count). The van der Waals surface area contributed by atoms with Gasteiger partial charge in [0.1, 0.15) is 0 Å². The van der Waals surface area contributed by atoms with Crippen LogP contribution in [0.3, 0.4) is 0 Å². The Kier molecular flexibility index (Phi) is 4.00. The molecule has 0 bridgehead atoms. The molecule has 0 heterocycles. The van der Waals surface area contributed by atoms with Gasteiger partial charge in [-0.1, -0.05) is 18.5 Å². The van der Waals surface area contributed by atoms with E-state index in [0.29, 0.717) is 16.5 Å². The zero-order valence-electron chi connectivity index (χ0n) is 9.74. The van der Waals surface area contributed by atoms with Crippen molar-refractivity contribution in [2.24, 2.45) is 5.92 Å². The largest absolute Gasteiger partial charge is 0.349 e. The Morgan fingerprint density at radius 2 is 2.24 bits per heavy atom. The van der Waals surface area contributed by atoms with Crippen LogP contribution in [0.2, 0.25) is 5.02 Å². The Hall–Kier alpha value is -0.670. The van der Waals surface area contributed by atoms with Crippen LogP contribution in [0.5, 0.6) is 0 Å². The molecule has 17 heavy (non-hydrogen) atoms.